The van der Waals surface area contributed by atoms with Gasteiger partial charge in [0.2, 0.25) is 0 Å². The van der Waals surface area contributed by atoms with E-state index in [-0.39, 0.29) is 7.92 Å². The fourth-order valence-corrected chi connectivity index (χ4v) is 6.25. The van der Waals surface area contributed by atoms with E-state index >= 15 is 0 Å². The molecule has 1 heterocycles. The Morgan fingerprint density at radius 2 is 1.40 bits per heavy atom. The lowest BCUT2D eigenvalue weighted by Gasteiger charge is -2.22. The minimum atomic E-state index is 0.105. The Kier molecular flexibility index (Phi) is 3.16. The van der Waals surface area contributed by atoms with E-state index in [4.69, 9.17) is 0 Å². The minimum absolute atomic E-state index is 0.105. The van der Waals surface area contributed by atoms with E-state index in [9.17, 15) is 0 Å². The van der Waals surface area contributed by atoms with Gasteiger partial charge in [0.15, 0.2) is 0 Å². The Hall–Kier alpha value is -0.350. The van der Waals surface area contributed by atoms with Crippen molar-refractivity contribution in [3.63, 3.8) is 0 Å². The van der Waals surface area contributed by atoms with Gasteiger partial charge in [0.1, 0.15) is 0 Å². The molecule has 0 nitrogen and oxygen atoms in total. The maximum absolute atomic E-state index is 2.44. The second kappa shape index (κ2) is 4.26. The lowest BCUT2D eigenvalue weighted by molar-refractivity contribution is 0.777. The summed E-state index contributed by atoms with van der Waals surface area (Å²) in [5, 5.41) is 1.64. The quantitative estimate of drug-likeness (QED) is 0.628. The average Bonchev–Trinajstić information content (AvgIpc) is 2.44. The molecule has 1 aliphatic rings. The molecular formula is C14H21P. The Morgan fingerprint density at radius 1 is 0.933 bits per heavy atom. The first kappa shape index (κ1) is 11.1. The zero-order valence-electron chi connectivity index (χ0n) is 10.2. The standard InChI is InChI=1S/C14H21P/c1-10-7-11(2)9-14(8-10)15-12(3)5-6-13(15)4/h7-9,12-13H,5-6H2,1-4H3/t12-,13-/m0/s1. The van der Waals surface area contributed by atoms with Crippen molar-refractivity contribution in [1.29, 1.82) is 0 Å². The van der Waals surface area contributed by atoms with E-state index < -0.39 is 0 Å². The highest BCUT2D eigenvalue weighted by molar-refractivity contribution is 7.67. The largest absolute Gasteiger partial charge is 0.0695 e. The summed E-state index contributed by atoms with van der Waals surface area (Å²) in [5.41, 5.74) is 4.71. The first-order chi connectivity index (χ1) is 7.08. The Morgan fingerprint density at radius 3 is 1.87 bits per heavy atom. The molecule has 0 spiro atoms. The highest BCUT2D eigenvalue weighted by atomic mass is 31.1. The van der Waals surface area contributed by atoms with Crippen LogP contribution in [0.5, 0.6) is 0 Å². The van der Waals surface area contributed by atoms with Gasteiger partial charge in [0.05, 0.1) is 0 Å². The second-order valence-corrected chi connectivity index (χ2v) is 8.12. The van der Waals surface area contributed by atoms with Crippen molar-refractivity contribution in [3.05, 3.63) is 29.3 Å². The van der Waals surface area contributed by atoms with Gasteiger partial charge in [0, 0.05) is 0 Å². The van der Waals surface area contributed by atoms with Gasteiger partial charge in [-0.25, -0.2) is 0 Å². The monoisotopic (exact) mass is 220 g/mol. The highest BCUT2D eigenvalue weighted by Crippen LogP contribution is 2.54. The molecule has 0 bridgehead atoms. The molecule has 0 aliphatic carbocycles. The summed E-state index contributed by atoms with van der Waals surface area (Å²) in [4.78, 5) is 0. The van der Waals surface area contributed by atoms with Crippen LogP contribution in [0.3, 0.4) is 0 Å². The summed E-state index contributed by atoms with van der Waals surface area (Å²) in [6.07, 6.45) is 2.86. The van der Waals surface area contributed by atoms with Crippen LogP contribution in [-0.4, -0.2) is 11.3 Å². The molecule has 15 heavy (non-hydrogen) atoms. The fraction of sp³-hybridized carbons (Fsp3) is 0.571. The van der Waals surface area contributed by atoms with E-state index in [1.165, 1.54) is 24.0 Å². The van der Waals surface area contributed by atoms with Gasteiger partial charge in [-0.05, 0) is 43.3 Å². The highest BCUT2D eigenvalue weighted by Gasteiger charge is 2.30. The molecule has 2 rings (SSSR count). The predicted molar refractivity (Wildman–Crippen MR) is 70.6 cm³/mol. The van der Waals surface area contributed by atoms with Crippen molar-refractivity contribution in [1.82, 2.24) is 0 Å². The fourth-order valence-electron chi connectivity index (χ4n) is 2.80. The van der Waals surface area contributed by atoms with Crippen molar-refractivity contribution in [2.45, 2.75) is 51.9 Å². The Labute approximate surface area is 94.8 Å². The number of hydrogen-bond donors (Lipinski definition) is 0. The third-order valence-corrected chi connectivity index (χ3v) is 6.73. The number of aryl methyl sites for hydroxylation is 2. The van der Waals surface area contributed by atoms with E-state index in [1.54, 1.807) is 5.30 Å². The van der Waals surface area contributed by atoms with E-state index in [0.29, 0.717) is 0 Å². The molecule has 0 aromatic heterocycles. The Balaban J connectivity index is 2.35. The Bertz CT molecular complexity index is 326. The molecule has 0 amide bonds. The summed E-state index contributed by atoms with van der Waals surface area (Å²) in [6, 6.07) is 7.11. The summed E-state index contributed by atoms with van der Waals surface area (Å²) < 4.78 is 0. The van der Waals surface area contributed by atoms with Crippen LogP contribution in [0, 0.1) is 13.8 Å². The molecule has 2 atom stereocenters. The van der Waals surface area contributed by atoms with Crippen LogP contribution in [0.4, 0.5) is 0 Å². The van der Waals surface area contributed by atoms with Crippen LogP contribution < -0.4 is 5.30 Å². The molecule has 1 fully saturated rings. The van der Waals surface area contributed by atoms with Crippen molar-refractivity contribution in [3.8, 4) is 0 Å². The van der Waals surface area contributed by atoms with Gasteiger partial charge >= 0.3 is 0 Å². The lowest BCUT2D eigenvalue weighted by Crippen LogP contribution is -2.11. The van der Waals surface area contributed by atoms with Gasteiger partial charge in [-0.3, -0.25) is 0 Å². The van der Waals surface area contributed by atoms with Gasteiger partial charge in [-0.1, -0.05) is 51.1 Å². The molecule has 1 aromatic rings. The van der Waals surface area contributed by atoms with Crippen LogP contribution >= 0.6 is 7.92 Å². The minimum Gasteiger partial charge on any atom is -0.0695 e. The third kappa shape index (κ3) is 2.26. The van der Waals surface area contributed by atoms with Crippen molar-refractivity contribution < 1.29 is 0 Å². The maximum Gasteiger partial charge on any atom is -0.0195 e. The average molecular weight is 220 g/mol. The second-order valence-electron chi connectivity index (χ2n) is 5.03. The van der Waals surface area contributed by atoms with Gasteiger partial charge in [-0.2, -0.15) is 0 Å². The summed E-state index contributed by atoms with van der Waals surface area (Å²) in [5.74, 6) is 0. The molecule has 0 N–H and O–H groups in total. The van der Waals surface area contributed by atoms with Gasteiger partial charge in [0.25, 0.3) is 0 Å². The lowest BCUT2D eigenvalue weighted by atomic mass is 10.2. The number of benzene rings is 1. The summed E-state index contributed by atoms with van der Waals surface area (Å²) in [7, 11) is 0.105. The normalized spacial score (nSPS) is 27.2. The molecule has 1 aromatic carbocycles. The number of hydrogen-bond acceptors (Lipinski definition) is 0. The van der Waals surface area contributed by atoms with Gasteiger partial charge in [-0.15, -0.1) is 0 Å². The first-order valence-electron chi connectivity index (χ1n) is 5.94. The van der Waals surface area contributed by atoms with Crippen molar-refractivity contribution in [2.75, 3.05) is 0 Å². The molecule has 0 saturated carbocycles. The predicted octanol–water partition coefficient (Wildman–Crippen LogP) is 3.98. The SMILES string of the molecule is Cc1cc(C)cc(P2[C@@H](C)CC[C@@H]2C)c1. The number of rotatable bonds is 1. The zero-order valence-corrected chi connectivity index (χ0v) is 11.1. The molecule has 1 aliphatic heterocycles. The maximum atomic E-state index is 2.44. The van der Waals surface area contributed by atoms with Crippen molar-refractivity contribution in [2.24, 2.45) is 0 Å². The third-order valence-electron chi connectivity index (χ3n) is 3.46. The molecule has 1 heteroatoms. The molecule has 0 unspecified atom stereocenters. The van der Waals surface area contributed by atoms with E-state index in [2.05, 4.69) is 45.9 Å². The van der Waals surface area contributed by atoms with Gasteiger partial charge < -0.3 is 0 Å². The molecule has 82 valence electrons. The summed E-state index contributed by atoms with van der Waals surface area (Å²) >= 11 is 0. The summed E-state index contributed by atoms with van der Waals surface area (Å²) in [6.45, 7) is 9.31. The van der Waals surface area contributed by atoms with E-state index in [0.717, 1.165) is 11.3 Å². The van der Waals surface area contributed by atoms with Crippen LogP contribution in [-0.2, 0) is 0 Å². The first-order valence-corrected chi connectivity index (χ1v) is 7.42. The zero-order chi connectivity index (χ0) is 11.0. The smallest absolute Gasteiger partial charge is 0.0195 e. The van der Waals surface area contributed by atoms with Crippen LogP contribution in [0.2, 0.25) is 0 Å². The molecule has 0 radical (unpaired) electrons. The molecule has 1 saturated heterocycles. The van der Waals surface area contributed by atoms with Crippen LogP contribution in [0.1, 0.15) is 37.8 Å². The van der Waals surface area contributed by atoms with Crippen LogP contribution in [0.15, 0.2) is 18.2 Å². The van der Waals surface area contributed by atoms with Crippen molar-refractivity contribution >= 4 is 13.2 Å². The van der Waals surface area contributed by atoms with Crippen LogP contribution in [0.25, 0.3) is 0 Å². The topological polar surface area (TPSA) is 0 Å². The van der Waals surface area contributed by atoms with E-state index in [1.807, 2.05) is 0 Å². The molecular weight excluding hydrogens is 199 g/mol.